The second kappa shape index (κ2) is 3.64. The average molecular weight is 194 g/mol. The standard InChI is InChI=1S/C11H18OSi/c1-9-6-7-11(8-10(9)2)13(4,5)12-3/h6-8H,1-5H3. The van der Waals surface area contributed by atoms with Crippen LogP contribution >= 0.6 is 0 Å². The van der Waals surface area contributed by atoms with Crippen molar-refractivity contribution in [3.63, 3.8) is 0 Å². The maximum atomic E-state index is 5.56. The zero-order chi connectivity index (χ0) is 10.1. The van der Waals surface area contributed by atoms with Gasteiger partial charge in [0.25, 0.3) is 0 Å². The SMILES string of the molecule is CO[Si](C)(C)c1ccc(C)c(C)c1. The molecular weight excluding hydrogens is 176 g/mol. The molecule has 0 atom stereocenters. The van der Waals surface area contributed by atoms with Gasteiger partial charge in [-0.2, -0.15) is 0 Å². The second-order valence-electron chi connectivity index (χ2n) is 4.01. The molecule has 0 aliphatic heterocycles. The normalized spacial score (nSPS) is 11.8. The predicted octanol–water partition coefficient (Wildman–Crippen LogP) is 2.36. The van der Waals surface area contributed by atoms with E-state index in [-0.39, 0.29) is 0 Å². The smallest absolute Gasteiger partial charge is 0.217 e. The van der Waals surface area contributed by atoms with Crippen molar-refractivity contribution in [1.82, 2.24) is 0 Å². The van der Waals surface area contributed by atoms with Crippen LogP contribution in [0.5, 0.6) is 0 Å². The maximum Gasteiger partial charge on any atom is 0.217 e. The molecule has 0 saturated heterocycles. The summed E-state index contributed by atoms with van der Waals surface area (Å²) in [4.78, 5) is 0. The highest BCUT2D eigenvalue weighted by molar-refractivity contribution is 6.84. The highest BCUT2D eigenvalue weighted by Gasteiger charge is 2.23. The number of aryl methyl sites for hydroxylation is 2. The van der Waals surface area contributed by atoms with Crippen molar-refractivity contribution in [2.24, 2.45) is 0 Å². The van der Waals surface area contributed by atoms with Gasteiger partial charge in [0.1, 0.15) is 0 Å². The summed E-state index contributed by atoms with van der Waals surface area (Å²) in [5.41, 5.74) is 2.71. The van der Waals surface area contributed by atoms with E-state index in [2.05, 4.69) is 45.1 Å². The fourth-order valence-corrected chi connectivity index (χ4v) is 2.52. The third kappa shape index (κ3) is 2.20. The molecule has 0 saturated carbocycles. The highest BCUT2D eigenvalue weighted by atomic mass is 28.4. The number of benzene rings is 1. The van der Waals surface area contributed by atoms with Gasteiger partial charge in [-0.05, 0) is 43.3 Å². The molecule has 1 nitrogen and oxygen atoms in total. The lowest BCUT2D eigenvalue weighted by atomic mass is 10.1. The van der Waals surface area contributed by atoms with Crippen molar-refractivity contribution in [1.29, 1.82) is 0 Å². The molecular formula is C11H18OSi. The van der Waals surface area contributed by atoms with E-state index in [1.165, 1.54) is 16.3 Å². The highest BCUT2D eigenvalue weighted by Crippen LogP contribution is 2.08. The van der Waals surface area contributed by atoms with Crippen LogP contribution in [0.1, 0.15) is 11.1 Å². The molecule has 0 aliphatic carbocycles. The lowest BCUT2D eigenvalue weighted by molar-refractivity contribution is 0.416. The van der Waals surface area contributed by atoms with Crippen LogP contribution < -0.4 is 5.19 Å². The van der Waals surface area contributed by atoms with E-state index in [0.717, 1.165) is 0 Å². The molecule has 0 bridgehead atoms. The summed E-state index contributed by atoms with van der Waals surface area (Å²) in [5.74, 6) is 0. The minimum absolute atomic E-state index is 1.35. The topological polar surface area (TPSA) is 9.23 Å². The van der Waals surface area contributed by atoms with Crippen LogP contribution in [0, 0.1) is 13.8 Å². The Morgan fingerprint density at radius 3 is 2.15 bits per heavy atom. The molecule has 0 aliphatic rings. The van der Waals surface area contributed by atoms with Crippen molar-refractivity contribution in [3.8, 4) is 0 Å². The van der Waals surface area contributed by atoms with Gasteiger partial charge in [-0.25, -0.2) is 0 Å². The summed E-state index contributed by atoms with van der Waals surface area (Å²) in [6.45, 7) is 8.73. The molecule has 0 unspecified atom stereocenters. The van der Waals surface area contributed by atoms with E-state index in [1.54, 1.807) is 7.11 Å². The van der Waals surface area contributed by atoms with Gasteiger partial charge >= 0.3 is 0 Å². The minimum atomic E-state index is -1.61. The van der Waals surface area contributed by atoms with Crippen LogP contribution in [0.25, 0.3) is 0 Å². The third-order valence-electron chi connectivity index (χ3n) is 2.71. The molecule has 0 amide bonds. The van der Waals surface area contributed by atoms with Gasteiger partial charge in [0, 0.05) is 7.11 Å². The van der Waals surface area contributed by atoms with Gasteiger partial charge in [-0.3, -0.25) is 0 Å². The summed E-state index contributed by atoms with van der Waals surface area (Å²) in [5, 5.41) is 1.37. The predicted molar refractivity (Wildman–Crippen MR) is 60.0 cm³/mol. The van der Waals surface area contributed by atoms with E-state index in [0.29, 0.717) is 0 Å². The second-order valence-corrected chi connectivity index (χ2v) is 8.02. The van der Waals surface area contributed by atoms with Crippen molar-refractivity contribution < 1.29 is 4.43 Å². The molecule has 0 aromatic heterocycles. The van der Waals surface area contributed by atoms with Gasteiger partial charge in [0.2, 0.25) is 8.32 Å². The van der Waals surface area contributed by atoms with Crippen LogP contribution in [0.2, 0.25) is 13.1 Å². The molecule has 72 valence electrons. The van der Waals surface area contributed by atoms with Crippen molar-refractivity contribution >= 4 is 13.5 Å². The Kier molecular flexibility index (Phi) is 2.93. The fraction of sp³-hybridized carbons (Fsp3) is 0.455. The van der Waals surface area contributed by atoms with Gasteiger partial charge in [-0.1, -0.05) is 18.2 Å². The first-order valence-electron chi connectivity index (χ1n) is 4.60. The third-order valence-corrected chi connectivity index (χ3v) is 5.43. The van der Waals surface area contributed by atoms with Crippen molar-refractivity contribution in [2.75, 3.05) is 7.11 Å². The van der Waals surface area contributed by atoms with E-state index in [1.807, 2.05) is 0 Å². The van der Waals surface area contributed by atoms with E-state index < -0.39 is 8.32 Å². The maximum absolute atomic E-state index is 5.56. The molecule has 0 spiro atoms. The summed E-state index contributed by atoms with van der Waals surface area (Å²) >= 11 is 0. The molecule has 1 aromatic carbocycles. The minimum Gasteiger partial charge on any atom is -0.416 e. The van der Waals surface area contributed by atoms with Crippen molar-refractivity contribution in [3.05, 3.63) is 29.3 Å². The first kappa shape index (κ1) is 10.5. The quantitative estimate of drug-likeness (QED) is 0.657. The van der Waals surface area contributed by atoms with Gasteiger partial charge < -0.3 is 4.43 Å². The van der Waals surface area contributed by atoms with Gasteiger partial charge in [-0.15, -0.1) is 0 Å². The average Bonchev–Trinajstić information content (AvgIpc) is 2.09. The van der Waals surface area contributed by atoms with Crippen LogP contribution in [-0.2, 0) is 4.43 Å². The Morgan fingerprint density at radius 1 is 1.08 bits per heavy atom. The van der Waals surface area contributed by atoms with Gasteiger partial charge in [0.05, 0.1) is 0 Å². The molecule has 0 radical (unpaired) electrons. The molecule has 1 rings (SSSR count). The zero-order valence-electron chi connectivity index (χ0n) is 9.14. The van der Waals surface area contributed by atoms with Crippen LogP contribution in [0.3, 0.4) is 0 Å². The summed E-state index contributed by atoms with van der Waals surface area (Å²) in [6.07, 6.45) is 0. The molecule has 0 fully saturated rings. The fourth-order valence-electron chi connectivity index (χ4n) is 1.23. The van der Waals surface area contributed by atoms with E-state index in [9.17, 15) is 0 Å². The van der Waals surface area contributed by atoms with Crippen LogP contribution in [0.15, 0.2) is 18.2 Å². The Hall–Kier alpha value is -0.603. The lowest BCUT2D eigenvalue weighted by Crippen LogP contribution is -2.43. The molecule has 2 heteroatoms. The number of rotatable bonds is 2. The first-order valence-corrected chi connectivity index (χ1v) is 7.51. The number of hydrogen-bond donors (Lipinski definition) is 0. The zero-order valence-corrected chi connectivity index (χ0v) is 10.1. The van der Waals surface area contributed by atoms with Crippen LogP contribution in [-0.4, -0.2) is 15.4 Å². The summed E-state index contributed by atoms with van der Waals surface area (Å²) < 4.78 is 5.56. The molecule has 1 aromatic rings. The van der Waals surface area contributed by atoms with E-state index >= 15 is 0 Å². The number of hydrogen-bond acceptors (Lipinski definition) is 1. The molecule has 0 heterocycles. The Morgan fingerprint density at radius 2 is 1.69 bits per heavy atom. The summed E-state index contributed by atoms with van der Waals surface area (Å²) in [7, 11) is 0.199. The monoisotopic (exact) mass is 194 g/mol. The van der Waals surface area contributed by atoms with E-state index in [4.69, 9.17) is 4.43 Å². The van der Waals surface area contributed by atoms with Crippen molar-refractivity contribution in [2.45, 2.75) is 26.9 Å². The van der Waals surface area contributed by atoms with Gasteiger partial charge in [0.15, 0.2) is 0 Å². The Labute approximate surface area is 81.9 Å². The lowest BCUT2D eigenvalue weighted by Gasteiger charge is -2.21. The molecule has 0 N–H and O–H groups in total. The Balaban J connectivity index is 3.10. The van der Waals surface area contributed by atoms with Crippen LogP contribution in [0.4, 0.5) is 0 Å². The first-order chi connectivity index (χ1) is 5.97. The molecule has 13 heavy (non-hydrogen) atoms. The summed E-state index contributed by atoms with van der Waals surface area (Å²) in [6, 6.07) is 6.63. The largest absolute Gasteiger partial charge is 0.416 e. The Bertz CT molecular complexity index is 305.